The molecule has 1 aromatic rings. The highest BCUT2D eigenvalue weighted by Crippen LogP contribution is 2.10. The highest BCUT2D eigenvalue weighted by Gasteiger charge is 2.27. The number of rotatable bonds is 3. The summed E-state index contributed by atoms with van der Waals surface area (Å²) in [6.45, 7) is 0. The highest BCUT2D eigenvalue weighted by molar-refractivity contribution is 6.03. The molecule has 0 radical (unpaired) electrons. The standard InChI is InChI=1S/C14H14N2O4/c17-10-4-1-9(2-5-10)3-7-12(18)15-11-6-8-13(19)16-14(11)20/h1-5,7,11,17H,6,8H2,(H,15,18)(H,16,19,20)/b7-3+/t11-/m0/s1. The van der Waals surface area contributed by atoms with Gasteiger partial charge in [-0.1, -0.05) is 12.1 Å². The van der Waals surface area contributed by atoms with E-state index in [2.05, 4.69) is 10.6 Å². The second-order valence-electron chi connectivity index (χ2n) is 4.44. The van der Waals surface area contributed by atoms with Crippen LogP contribution in [0, 0.1) is 0 Å². The third-order valence-corrected chi connectivity index (χ3v) is 2.88. The lowest BCUT2D eigenvalue weighted by molar-refractivity contribution is -0.136. The summed E-state index contributed by atoms with van der Waals surface area (Å²) in [5.41, 5.74) is 0.751. The molecule has 3 N–H and O–H groups in total. The number of hydrogen-bond donors (Lipinski definition) is 3. The Kier molecular flexibility index (Phi) is 4.14. The van der Waals surface area contributed by atoms with Gasteiger partial charge >= 0.3 is 0 Å². The number of phenolic OH excluding ortho intramolecular Hbond substituents is 1. The minimum atomic E-state index is -0.676. The normalized spacial score (nSPS) is 18.9. The lowest BCUT2D eigenvalue weighted by Gasteiger charge is -2.20. The maximum absolute atomic E-state index is 11.7. The first-order valence-electron chi connectivity index (χ1n) is 6.16. The van der Waals surface area contributed by atoms with Crippen molar-refractivity contribution in [2.75, 3.05) is 0 Å². The van der Waals surface area contributed by atoms with Crippen molar-refractivity contribution in [3.8, 4) is 5.75 Å². The Balaban J connectivity index is 1.90. The van der Waals surface area contributed by atoms with E-state index in [9.17, 15) is 14.4 Å². The molecule has 1 aromatic carbocycles. The summed E-state index contributed by atoms with van der Waals surface area (Å²) in [5.74, 6) is -1.06. The summed E-state index contributed by atoms with van der Waals surface area (Å²) in [5, 5.41) is 13.8. The molecule has 1 aliphatic rings. The predicted octanol–water partition coefficient (Wildman–Crippen LogP) is 0.327. The molecule has 20 heavy (non-hydrogen) atoms. The van der Waals surface area contributed by atoms with Gasteiger partial charge < -0.3 is 10.4 Å². The van der Waals surface area contributed by atoms with Gasteiger partial charge in [-0.3, -0.25) is 19.7 Å². The second-order valence-corrected chi connectivity index (χ2v) is 4.44. The van der Waals surface area contributed by atoms with Crippen LogP contribution in [-0.4, -0.2) is 28.9 Å². The Labute approximate surface area is 115 Å². The SMILES string of the molecule is O=C(/C=C/c1ccc(O)cc1)N[C@H]1CCC(=O)NC1=O. The van der Waals surface area contributed by atoms with Crippen LogP contribution in [0.25, 0.3) is 6.08 Å². The number of amides is 3. The fraction of sp³-hybridized carbons (Fsp3) is 0.214. The average Bonchev–Trinajstić information content (AvgIpc) is 2.41. The van der Waals surface area contributed by atoms with Crippen molar-refractivity contribution in [1.29, 1.82) is 0 Å². The van der Waals surface area contributed by atoms with Crippen LogP contribution < -0.4 is 10.6 Å². The van der Waals surface area contributed by atoms with E-state index in [-0.39, 0.29) is 18.1 Å². The number of carbonyl (C=O) groups is 3. The quantitative estimate of drug-likeness (QED) is 0.546. The Bertz CT molecular complexity index is 563. The van der Waals surface area contributed by atoms with Crippen LogP contribution >= 0.6 is 0 Å². The smallest absolute Gasteiger partial charge is 0.249 e. The van der Waals surface area contributed by atoms with Crippen molar-refractivity contribution in [2.24, 2.45) is 0 Å². The molecule has 1 saturated heterocycles. The molecule has 2 rings (SSSR count). The van der Waals surface area contributed by atoms with Crippen molar-refractivity contribution in [3.63, 3.8) is 0 Å². The van der Waals surface area contributed by atoms with E-state index in [1.807, 2.05) is 0 Å². The van der Waals surface area contributed by atoms with Gasteiger partial charge in [-0.25, -0.2) is 0 Å². The van der Waals surface area contributed by atoms with E-state index in [0.29, 0.717) is 6.42 Å². The molecule has 0 aliphatic carbocycles. The highest BCUT2D eigenvalue weighted by atomic mass is 16.3. The molecule has 0 unspecified atom stereocenters. The number of hydrogen-bond acceptors (Lipinski definition) is 4. The Hall–Kier alpha value is -2.63. The van der Waals surface area contributed by atoms with Gasteiger partial charge in [0.05, 0.1) is 0 Å². The zero-order valence-corrected chi connectivity index (χ0v) is 10.6. The summed E-state index contributed by atoms with van der Waals surface area (Å²) < 4.78 is 0. The molecule has 0 spiro atoms. The van der Waals surface area contributed by atoms with E-state index in [1.54, 1.807) is 18.2 Å². The minimum absolute atomic E-state index is 0.148. The zero-order valence-electron chi connectivity index (χ0n) is 10.6. The number of benzene rings is 1. The zero-order chi connectivity index (χ0) is 14.5. The van der Waals surface area contributed by atoms with Crippen LogP contribution in [-0.2, 0) is 14.4 Å². The third kappa shape index (κ3) is 3.68. The molecule has 6 nitrogen and oxygen atoms in total. The van der Waals surface area contributed by atoms with Crippen molar-refractivity contribution in [1.82, 2.24) is 10.6 Å². The molecule has 1 atom stereocenters. The van der Waals surface area contributed by atoms with Crippen LogP contribution in [0.15, 0.2) is 30.3 Å². The van der Waals surface area contributed by atoms with Crippen LogP contribution in [0.1, 0.15) is 18.4 Å². The molecular formula is C14H14N2O4. The maximum Gasteiger partial charge on any atom is 0.249 e. The molecule has 3 amide bonds. The van der Waals surface area contributed by atoms with E-state index in [4.69, 9.17) is 5.11 Å². The van der Waals surface area contributed by atoms with Gasteiger partial charge in [0, 0.05) is 12.5 Å². The topological polar surface area (TPSA) is 95.5 Å². The molecule has 0 aromatic heterocycles. The van der Waals surface area contributed by atoms with Crippen molar-refractivity contribution < 1.29 is 19.5 Å². The largest absolute Gasteiger partial charge is 0.508 e. The Morgan fingerprint density at radius 2 is 2.00 bits per heavy atom. The van der Waals surface area contributed by atoms with Crippen molar-refractivity contribution in [3.05, 3.63) is 35.9 Å². The lowest BCUT2D eigenvalue weighted by atomic mass is 10.1. The van der Waals surface area contributed by atoms with Crippen LogP contribution in [0.5, 0.6) is 5.75 Å². The van der Waals surface area contributed by atoms with Gasteiger partial charge in [-0.05, 0) is 30.2 Å². The molecule has 6 heteroatoms. The summed E-state index contributed by atoms with van der Waals surface area (Å²) in [6, 6.07) is 5.66. The number of piperidine rings is 1. The monoisotopic (exact) mass is 274 g/mol. The predicted molar refractivity (Wildman–Crippen MR) is 71.5 cm³/mol. The number of imide groups is 1. The van der Waals surface area contributed by atoms with E-state index < -0.39 is 17.9 Å². The summed E-state index contributed by atoms with van der Waals surface area (Å²) in [4.78, 5) is 34.1. The number of carbonyl (C=O) groups excluding carboxylic acids is 3. The van der Waals surface area contributed by atoms with Gasteiger partial charge in [-0.2, -0.15) is 0 Å². The van der Waals surface area contributed by atoms with Crippen LogP contribution in [0.4, 0.5) is 0 Å². The Morgan fingerprint density at radius 1 is 1.30 bits per heavy atom. The third-order valence-electron chi connectivity index (χ3n) is 2.88. The van der Waals surface area contributed by atoms with Gasteiger partial charge in [0.25, 0.3) is 0 Å². The van der Waals surface area contributed by atoms with Gasteiger partial charge in [0.2, 0.25) is 17.7 Å². The summed E-state index contributed by atoms with van der Waals surface area (Å²) >= 11 is 0. The first-order chi connectivity index (χ1) is 9.54. The fourth-order valence-electron chi connectivity index (χ4n) is 1.81. The van der Waals surface area contributed by atoms with Crippen LogP contribution in [0.2, 0.25) is 0 Å². The van der Waals surface area contributed by atoms with Crippen molar-refractivity contribution >= 4 is 23.8 Å². The van der Waals surface area contributed by atoms with Crippen LogP contribution in [0.3, 0.4) is 0 Å². The van der Waals surface area contributed by atoms with Gasteiger partial charge in [-0.15, -0.1) is 0 Å². The molecular weight excluding hydrogens is 260 g/mol. The number of phenols is 1. The molecule has 0 bridgehead atoms. The van der Waals surface area contributed by atoms with Crippen molar-refractivity contribution in [2.45, 2.75) is 18.9 Å². The van der Waals surface area contributed by atoms with E-state index >= 15 is 0 Å². The molecule has 104 valence electrons. The summed E-state index contributed by atoms with van der Waals surface area (Å²) in [6.07, 6.45) is 3.40. The van der Waals surface area contributed by atoms with Gasteiger partial charge in [0.1, 0.15) is 11.8 Å². The molecule has 0 saturated carbocycles. The fourth-order valence-corrected chi connectivity index (χ4v) is 1.81. The molecule has 1 heterocycles. The van der Waals surface area contributed by atoms with E-state index in [1.165, 1.54) is 18.2 Å². The first kappa shape index (κ1) is 13.8. The molecule has 1 fully saturated rings. The summed E-state index contributed by atoms with van der Waals surface area (Å²) in [7, 11) is 0. The average molecular weight is 274 g/mol. The number of nitrogens with one attached hydrogen (secondary N) is 2. The van der Waals surface area contributed by atoms with E-state index in [0.717, 1.165) is 5.56 Å². The number of aromatic hydroxyl groups is 1. The second kappa shape index (κ2) is 6.01. The maximum atomic E-state index is 11.7. The Morgan fingerprint density at radius 3 is 2.65 bits per heavy atom. The lowest BCUT2D eigenvalue weighted by Crippen LogP contribution is -2.51. The first-order valence-corrected chi connectivity index (χ1v) is 6.16. The minimum Gasteiger partial charge on any atom is -0.508 e. The molecule has 1 aliphatic heterocycles. The van der Waals surface area contributed by atoms with Gasteiger partial charge in [0.15, 0.2) is 0 Å².